The lowest BCUT2D eigenvalue weighted by atomic mass is 10.3. The number of aromatic nitrogens is 2. The van der Waals surface area contributed by atoms with Crippen LogP contribution in [-0.2, 0) is 9.53 Å². The van der Waals surface area contributed by atoms with Crippen LogP contribution in [0.1, 0.15) is 25.6 Å². The van der Waals surface area contributed by atoms with Gasteiger partial charge in [-0.25, -0.2) is 4.98 Å². The molecule has 0 saturated carbocycles. The van der Waals surface area contributed by atoms with Crippen LogP contribution in [0, 0.1) is 6.92 Å². The molecule has 1 aromatic rings. The minimum Gasteiger partial charge on any atom is -0.466 e. The summed E-state index contributed by atoms with van der Waals surface area (Å²) in [5.41, 5.74) is 0. The molecule has 1 rings (SSSR count). The van der Waals surface area contributed by atoms with Crippen LogP contribution >= 0.6 is 11.5 Å². The molecule has 0 aromatic carbocycles. The Balaban J connectivity index is 2.09. The summed E-state index contributed by atoms with van der Waals surface area (Å²) in [7, 11) is 0. The van der Waals surface area contributed by atoms with Gasteiger partial charge in [0.2, 0.25) is 5.13 Å². The van der Waals surface area contributed by atoms with Crippen LogP contribution in [-0.4, -0.2) is 28.5 Å². The number of carbonyl (C=O) groups is 1. The highest BCUT2D eigenvalue weighted by molar-refractivity contribution is 7.09. The van der Waals surface area contributed by atoms with Crippen molar-refractivity contribution in [1.82, 2.24) is 9.36 Å². The van der Waals surface area contributed by atoms with Crippen LogP contribution in [0.5, 0.6) is 0 Å². The number of ether oxygens (including phenoxy) is 1. The molecule has 84 valence electrons. The summed E-state index contributed by atoms with van der Waals surface area (Å²) in [4.78, 5) is 15.1. The van der Waals surface area contributed by atoms with E-state index in [1.165, 1.54) is 11.5 Å². The summed E-state index contributed by atoms with van der Waals surface area (Å²) in [5.74, 6) is 0.626. The van der Waals surface area contributed by atoms with Crippen LogP contribution in [0.4, 0.5) is 5.13 Å². The third-order valence-corrected chi connectivity index (χ3v) is 2.43. The van der Waals surface area contributed by atoms with Crippen molar-refractivity contribution in [3.8, 4) is 0 Å². The number of nitrogens with zero attached hydrogens (tertiary/aromatic N) is 2. The molecule has 0 atom stereocenters. The van der Waals surface area contributed by atoms with Crippen molar-refractivity contribution in [2.75, 3.05) is 18.5 Å². The van der Waals surface area contributed by atoms with E-state index in [9.17, 15) is 4.79 Å². The van der Waals surface area contributed by atoms with Crippen LogP contribution in [0.3, 0.4) is 0 Å². The van der Waals surface area contributed by atoms with Crippen molar-refractivity contribution in [2.45, 2.75) is 26.7 Å². The molecular weight excluding hydrogens is 214 g/mol. The molecular formula is C9H15N3O2S. The maximum absolute atomic E-state index is 11.0. The fraction of sp³-hybridized carbons (Fsp3) is 0.667. The highest BCUT2D eigenvalue weighted by atomic mass is 32.1. The van der Waals surface area contributed by atoms with Crippen molar-refractivity contribution < 1.29 is 9.53 Å². The molecule has 6 heteroatoms. The first-order chi connectivity index (χ1) is 7.22. The van der Waals surface area contributed by atoms with Crippen LogP contribution < -0.4 is 5.32 Å². The van der Waals surface area contributed by atoms with Gasteiger partial charge < -0.3 is 10.1 Å². The zero-order chi connectivity index (χ0) is 11.1. The minimum absolute atomic E-state index is 0.146. The molecule has 1 heterocycles. The molecule has 0 fully saturated rings. The summed E-state index contributed by atoms with van der Waals surface area (Å²) in [6.45, 7) is 4.82. The Bertz CT molecular complexity index is 314. The minimum atomic E-state index is -0.146. The second kappa shape index (κ2) is 6.34. The van der Waals surface area contributed by atoms with Gasteiger partial charge in [0, 0.05) is 24.5 Å². The van der Waals surface area contributed by atoms with Gasteiger partial charge in [0.1, 0.15) is 5.82 Å². The van der Waals surface area contributed by atoms with E-state index in [1.54, 1.807) is 6.92 Å². The SMILES string of the molecule is CCOC(=O)CCCNc1nc(C)ns1. The van der Waals surface area contributed by atoms with E-state index in [0.29, 0.717) is 19.6 Å². The van der Waals surface area contributed by atoms with Crippen molar-refractivity contribution >= 4 is 22.6 Å². The summed E-state index contributed by atoms with van der Waals surface area (Å²) in [5, 5.41) is 3.90. The van der Waals surface area contributed by atoms with Crippen molar-refractivity contribution in [2.24, 2.45) is 0 Å². The quantitative estimate of drug-likeness (QED) is 0.593. The number of hydrogen-bond acceptors (Lipinski definition) is 6. The summed E-state index contributed by atoms with van der Waals surface area (Å²) in [6, 6.07) is 0. The summed E-state index contributed by atoms with van der Waals surface area (Å²) >= 11 is 1.33. The van der Waals surface area contributed by atoms with E-state index in [-0.39, 0.29) is 5.97 Å². The molecule has 5 nitrogen and oxygen atoms in total. The zero-order valence-corrected chi connectivity index (χ0v) is 9.76. The second-order valence-electron chi connectivity index (χ2n) is 2.98. The normalized spacial score (nSPS) is 10.0. The van der Waals surface area contributed by atoms with Gasteiger partial charge in [-0.3, -0.25) is 4.79 Å². The largest absolute Gasteiger partial charge is 0.466 e. The first-order valence-corrected chi connectivity index (χ1v) is 5.69. The smallest absolute Gasteiger partial charge is 0.305 e. The Morgan fingerprint density at radius 3 is 3.00 bits per heavy atom. The van der Waals surface area contributed by atoms with Crippen molar-refractivity contribution in [3.05, 3.63) is 5.82 Å². The van der Waals surface area contributed by atoms with Gasteiger partial charge in [-0.05, 0) is 20.3 Å². The van der Waals surface area contributed by atoms with E-state index in [0.717, 1.165) is 17.4 Å². The lowest BCUT2D eigenvalue weighted by molar-refractivity contribution is -0.143. The molecule has 0 aliphatic rings. The van der Waals surface area contributed by atoms with E-state index in [2.05, 4.69) is 14.7 Å². The molecule has 15 heavy (non-hydrogen) atoms. The summed E-state index contributed by atoms with van der Waals surface area (Å²) < 4.78 is 8.84. The Morgan fingerprint density at radius 1 is 1.60 bits per heavy atom. The van der Waals surface area contributed by atoms with Gasteiger partial charge in [-0.2, -0.15) is 4.37 Å². The Hall–Kier alpha value is -1.17. The topological polar surface area (TPSA) is 64.1 Å². The fourth-order valence-electron chi connectivity index (χ4n) is 1.03. The molecule has 0 spiro atoms. The maximum Gasteiger partial charge on any atom is 0.305 e. The zero-order valence-electron chi connectivity index (χ0n) is 8.95. The second-order valence-corrected chi connectivity index (χ2v) is 3.73. The maximum atomic E-state index is 11.0. The first-order valence-electron chi connectivity index (χ1n) is 4.92. The van der Waals surface area contributed by atoms with Crippen LogP contribution in [0.2, 0.25) is 0 Å². The molecule has 0 aliphatic carbocycles. The standard InChI is InChI=1S/C9H15N3O2S/c1-3-14-8(13)5-4-6-10-9-11-7(2)12-15-9/h3-6H2,1-2H3,(H,10,11,12). The number of hydrogen-bond donors (Lipinski definition) is 1. The third-order valence-electron chi connectivity index (χ3n) is 1.67. The highest BCUT2D eigenvalue weighted by Gasteiger charge is 2.02. The number of anilines is 1. The molecule has 0 unspecified atom stereocenters. The monoisotopic (exact) mass is 229 g/mol. The lowest BCUT2D eigenvalue weighted by Gasteiger charge is -2.02. The number of rotatable bonds is 6. The van der Waals surface area contributed by atoms with E-state index >= 15 is 0 Å². The molecule has 1 N–H and O–H groups in total. The molecule has 1 aromatic heterocycles. The van der Waals surface area contributed by atoms with E-state index in [1.807, 2.05) is 6.92 Å². The van der Waals surface area contributed by atoms with E-state index in [4.69, 9.17) is 4.74 Å². The Kier molecular flexibility index (Phi) is 5.03. The number of nitrogens with one attached hydrogen (secondary N) is 1. The lowest BCUT2D eigenvalue weighted by Crippen LogP contribution is -2.08. The highest BCUT2D eigenvalue weighted by Crippen LogP contribution is 2.09. The molecule has 0 radical (unpaired) electrons. The fourth-order valence-corrected chi connectivity index (χ4v) is 1.63. The average Bonchev–Trinajstić information content (AvgIpc) is 2.60. The Labute approximate surface area is 93.0 Å². The van der Waals surface area contributed by atoms with Crippen LogP contribution in [0.15, 0.2) is 0 Å². The first kappa shape index (κ1) is 11.9. The molecule has 0 amide bonds. The molecule has 0 bridgehead atoms. The molecule has 0 aliphatic heterocycles. The summed E-state index contributed by atoms with van der Waals surface area (Å²) in [6.07, 6.45) is 1.19. The van der Waals surface area contributed by atoms with Gasteiger partial charge in [0.15, 0.2) is 0 Å². The number of carbonyl (C=O) groups excluding carboxylic acids is 1. The van der Waals surface area contributed by atoms with E-state index < -0.39 is 0 Å². The predicted octanol–water partition coefficient (Wildman–Crippen LogP) is 1.60. The average molecular weight is 229 g/mol. The van der Waals surface area contributed by atoms with Gasteiger partial charge >= 0.3 is 5.97 Å². The van der Waals surface area contributed by atoms with Gasteiger partial charge in [0.25, 0.3) is 0 Å². The van der Waals surface area contributed by atoms with Crippen molar-refractivity contribution in [3.63, 3.8) is 0 Å². The van der Waals surface area contributed by atoms with Gasteiger partial charge in [0.05, 0.1) is 6.61 Å². The predicted molar refractivity (Wildman–Crippen MR) is 59.0 cm³/mol. The molecule has 0 saturated heterocycles. The Morgan fingerprint density at radius 2 is 2.40 bits per heavy atom. The van der Waals surface area contributed by atoms with Gasteiger partial charge in [-0.15, -0.1) is 0 Å². The van der Waals surface area contributed by atoms with Crippen molar-refractivity contribution in [1.29, 1.82) is 0 Å². The van der Waals surface area contributed by atoms with Crippen LogP contribution in [0.25, 0.3) is 0 Å². The third kappa shape index (κ3) is 4.73. The number of esters is 1. The number of aryl methyl sites for hydroxylation is 1. The van der Waals surface area contributed by atoms with Gasteiger partial charge in [-0.1, -0.05) is 0 Å².